The largest absolute Gasteiger partial charge is 0.496 e. The number of benzene rings is 1. The van der Waals surface area contributed by atoms with Crippen LogP contribution in [0.4, 0.5) is 0 Å². The van der Waals surface area contributed by atoms with Crippen LogP contribution in [-0.2, 0) is 14.9 Å². The molecule has 0 bridgehead atoms. The molecule has 0 amide bonds. The number of carboxylic acid groups (broad SMARTS) is 1. The van der Waals surface area contributed by atoms with E-state index in [4.69, 9.17) is 9.47 Å². The molecular formula is C15H20O4. The van der Waals surface area contributed by atoms with Gasteiger partial charge in [-0.25, -0.2) is 0 Å². The van der Waals surface area contributed by atoms with Crippen LogP contribution in [0.1, 0.15) is 23.6 Å². The molecule has 104 valence electrons. The fraction of sp³-hybridized carbons (Fsp3) is 0.533. The van der Waals surface area contributed by atoms with Gasteiger partial charge in [0.05, 0.1) is 31.7 Å². The Morgan fingerprint density at radius 3 is 2.42 bits per heavy atom. The SMILES string of the molecule is COc1cc(C)c(C2(C(C)C(=O)O)COC2)cc1C. The molecule has 1 aromatic carbocycles. The van der Waals surface area contributed by atoms with Crippen LogP contribution in [0.5, 0.6) is 5.75 Å². The smallest absolute Gasteiger partial charge is 0.307 e. The topological polar surface area (TPSA) is 55.8 Å². The summed E-state index contributed by atoms with van der Waals surface area (Å²) < 4.78 is 10.6. The third-order valence-corrected chi connectivity index (χ3v) is 4.20. The number of hydrogen-bond acceptors (Lipinski definition) is 3. The van der Waals surface area contributed by atoms with Crippen molar-refractivity contribution in [3.8, 4) is 5.75 Å². The maximum atomic E-state index is 11.4. The zero-order valence-electron chi connectivity index (χ0n) is 11.8. The first-order valence-electron chi connectivity index (χ1n) is 6.38. The second-order valence-electron chi connectivity index (χ2n) is 5.35. The van der Waals surface area contributed by atoms with Crippen LogP contribution in [0.3, 0.4) is 0 Å². The van der Waals surface area contributed by atoms with Crippen LogP contribution in [-0.4, -0.2) is 31.4 Å². The van der Waals surface area contributed by atoms with Crippen LogP contribution >= 0.6 is 0 Å². The van der Waals surface area contributed by atoms with Crippen molar-refractivity contribution in [3.05, 3.63) is 28.8 Å². The fourth-order valence-electron chi connectivity index (χ4n) is 2.74. The maximum absolute atomic E-state index is 11.4. The van der Waals surface area contributed by atoms with E-state index in [-0.39, 0.29) is 0 Å². The van der Waals surface area contributed by atoms with Gasteiger partial charge in [-0.05, 0) is 36.6 Å². The predicted octanol–water partition coefficient (Wildman–Crippen LogP) is 2.30. The molecule has 1 aliphatic rings. The average molecular weight is 264 g/mol. The molecule has 1 fully saturated rings. The van der Waals surface area contributed by atoms with Gasteiger partial charge in [-0.1, -0.05) is 13.0 Å². The maximum Gasteiger partial charge on any atom is 0.307 e. The van der Waals surface area contributed by atoms with Gasteiger partial charge in [-0.3, -0.25) is 4.79 Å². The van der Waals surface area contributed by atoms with Crippen LogP contribution in [0, 0.1) is 19.8 Å². The van der Waals surface area contributed by atoms with Gasteiger partial charge in [-0.15, -0.1) is 0 Å². The normalized spacial score (nSPS) is 18.5. The quantitative estimate of drug-likeness (QED) is 0.906. The Labute approximate surface area is 113 Å². The van der Waals surface area contributed by atoms with Crippen molar-refractivity contribution in [2.75, 3.05) is 20.3 Å². The van der Waals surface area contributed by atoms with Gasteiger partial charge in [0.25, 0.3) is 0 Å². The van der Waals surface area contributed by atoms with Crippen molar-refractivity contribution in [1.29, 1.82) is 0 Å². The molecule has 1 unspecified atom stereocenters. The van der Waals surface area contributed by atoms with Gasteiger partial charge in [-0.2, -0.15) is 0 Å². The average Bonchev–Trinajstić information content (AvgIpc) is 2.31. The van der Waals surface area contributed by atoms with Crippen LogP contribution in [0.15, 0.2) is 12.1 Å². The summed E-state index contributed by atoms with van der Waals surface area (Å²) in [6.07, 6.45) is 0. The molecule has 19 heavy (non-hydrogen) atoms. The van der Waals surface area contributed by atoms with E-state index < -0.39 is 17.3 Å². The molecule has 0 radical (unpaired) electrons. The third-order valence-electron chi connectivity index (χ3n) is 4.20. The molecule has 0 aliphatic carbocycles. The zero-order valence-corrected chi connectivity index (χ0v) is 11.8. The van der Waals surface area contributed by atoms with E-state index in [0.717, 1.165) is 22.4 Å². The molecule has 4 heteroatoms. The third kappa shape index (κ3) is 2.10. The highest BCUT2D eigenvalue weighted by Crippen LogP contribution is 2.42. The highest BCUT2D eigenvalue weighted by molar-refractivity contribution is 5.73. The first kappa shape index (κ1) is 13.9. The van der Waals surface area contributed by atoms with E-state index in [0.29, 0.717) is 13.2 Å². The van der Waals surface area contributed by atoms with Crippen molar-refractivity contribution in [2.24, 2.45) is 5.92 Å². The van der Waals surface area contributed by atoms with E-state index in [1.165, 1.54) is 0 Å². The summed E-state index contributed by atoms with van der Waals surface area (Å²) in [6, 6.07) is 4.01. The number of carboxylic acids is 1. The predicted molar refractivity (Wildman–Crippen MR) is 71.8 cm³/mol. The standard InChI is InChI=1S/C15H20O4/c1-9-6-13(18-4)10(2)5-12(9)15(7-19-8-15)11(3)14(16)17/h5-6,11H,7-8H2,1-4H3,(H,16,17). The van der Waals surface area contributed by atoms with Gasteiger partial charge in [0, 0.05) is 0 Å². The minimum absolute atomic E-state index is 0.410. The lowest BCUT2D eigenvalue weighted by Gasteiger charge is -2.45. The van der Waals surface area contributed by atoms with E-state index >= 15 is 0 Å². The zero-order chi connectivity index (χ0) is 14.2. The monoisotopic (exact) mass is 264 g/mol. The lowest BCUT2D eigenvalue weighted by Crippen LogP contribution is -2.54. The van der Waals surface area contributed by atoms with Crippen molar-refractivity contribution in [3.63, 3.8) is 0 Å². The minimum atomic E-state index is -0.781. The second kappa shape index (κ2) is 4.85. The minimum Gasteiger partial charge on any atom is -0.496 e. The molecular weight excluding hydrogens is 244 g/mol. The van der Waals surface area contributed by atoms with E-state index in [9.17, 15) is 9.90 Å². The number of hydrogen-bond donors (Lipinski definition) is 1. The summed E-state index contributed by atoms with van der Waals surface area (Å²) in [4.78, 5) is 11.4. The second-order valence-corrected chi connectivity index (χ2v) is 5.35. The Morgan fingerprint density at radius 2 is 2.00 bits per heavy atom. The molecule has 0 aromatic heterocycles. The number of rotatable bonds is 4. The van der Waals surface area contributed by atoms with Gasteiger partial charge < -0.3 is 14.6 Å². The number of aryl methyl sites for hydroxylation is 2. The highest BCUT2D eigenvalue weighted by atomic mass is 16.5. The Hall–Kier alpha value is -1.55. The summed E-state index contributed by atoms with van der Waals surface area (Å²) in [7, 11) is 1.64. The number of aliphatic carboxylic acids is 1. The van der Waals surface area contributed by atoms with Crippen molar-refractivity contribution in [1.82, 2.24) is 0 Å². The van der Waals surface area contributed by atoms with Crippen LogP contribution in [0.25, 0.3) is 0 Å². The molecule has 2 rings (SSSR count). The lowest BCUT2D eigenvalue weighted by atomic mass is 9.67. The van der Waals surface area contributed by atoms with Crippen LogP contribution < -0.4 is 4.74 Å². The number of carbonyl (C=O) groups is 1. The van der Waals surface area contributed by atoms with E-state index in [1.54, 1.807) is 14.0 Å². The van der Waals surface area contributed by atoms with Gasteiger partial charge in [0.15, 0.2) is 0 Å². The Balaban J connectivity index is 2.50. The number of methoxy groups -OCH3 is 1. The molecule has 1 atom stereocenters. The van der Waals surface area contributed by atoms with Crippen LogP contribution in [0.2, 0.25) is 0 Å². The van der Waals surface area contributed by atoms with E-state index in [1.807, 2.05) is 26.0 Å². The molecule has 0 saturated carbocycles. The summed E-state index contributed by atoms with van der Waals surface area (Å²) in [5, 5.41) is 9.32. The van der Waals surface area contributed by atoms with Crippen molar-refractivity contribution in [2.45, 2.75) is 26.2 Å². The van der Waals surface area contributed by atoms with E-state index in [2.05, 4.69) is 0 Å². The molecule has 1 N–H and O–H groups in total. The summed E-state index contributed by atoms with van der Waals surface area (Å²) in [6.45, 7) is 6.65. The lowest BCUT2D eigenvalue weighted by molar-refractivity contribution is -0.155. The fourth-order valence-corrected chi connectivity index (χ4v) is 2.74. The Morgan fingerprint density at radius 1 is 1.37 bits per heavy atom. The number of ether oxygens (including phenoxy) is 2. The molecule has 0 spiro atoms. The summed E-state index contributed by atoms with van der Waals surface area (Å²) in [5.74, 6) is -0.413. The van der Waals surface area contributed by atoms with Crippen molar-refractivity contribution >= 4 is 5.97 Å². The van der Waals surface area contributed by atoms with Gasteiger partial charge in [0.2, 0.25) is 0 Å². The van der Waals surface area contributed by atoms with Gasteiger partial charge >= 0.3 is 5.97 Å². The first-order chi connectivity index (χ1) is 8.92. The molecule has 1 aromatic rings. The van der Waals surface area contributed by atoms with Gasteiger partial charge in [0.1, 0.15) is 5.75 Å². The summed E-state index contributed by atoms with van der Waals surface area (Å²) >= 11 is 0. The summed E-state index contributed by atoms with van der Waals surface area (Å²) in [5.41, 5.74) is 2.73. The Kier molecular flexibility index (Phi) is 3.54. The molecule has 1 saturated heterocycles. The molecule has 1 heterocycles. The highest BCUT2D eigenvalue weighted by Gasteiger charge is 2.49. The first-order valence-corrected chi connectivity index (χ1v) is 6.38. The molecule has 4 nitrogen and oxygen atoms in total. The Bertz CT molecular complexity index is 503. The molecule has 1 aliphatic heterocycles. The van der Waals surface area contributed by atoms with Crippen molar-refractivity contribution < 1.29 is 19.4 Å².